The molecule has 0 amide bonds. The van der Waals surface area contributed by atoms with Gasteiger partial charge in [0.1, 0.15) is 0 Å². The summed E-state index contributed by atoms with van der Waals surface area (Å²) >= 11 is 3.69. The van der Waals surface area contributed by atoms with Gasteiger partial charge in [0.2, 0.25) is 0 Å². The Balaban J connectivity index is 2.10. The number of nitrogens with zero attached hydrogens (tertiary/aromatic N) is 1. The lowest BCUT2D eigenvalue weighted by Gasteiger charge is -2.21. The molecule has 0 saturated carbocycles. The molecule has 3 heteroatoms. The largest absolute Gasteiger partial charge is 0.370 e. The summed E-state index contributed by atoms with van der Waals surface area (Å²) in [6.07, 6.45) is 3.98. The normalized spacial score (nSPS) is 21.3. The number of benzene rings is 1. The van der Waals surface area contributed by atoms with Crippen LogP contribution in [0.3, 0.4) is 0 Å². The van der Waals surface area contributed by atoms with Gasteiger partial charge >= 0.3 is 0 Å². The zero-order valence-electron chi connectivity index (χ0n) is 11.3. The Bertz CT molecular complexity index is 403. The van der Waals surface area contributed by atoms with Gasteiger partial charge in [0.15, 0.2) is 0 Å². The highest BCUT2D eigenvalue weighted by atomic mass is 79.9. The molecule has 18 heavy (non-hydrogen) atoms. The monoisotopic (exact) mass is 310 g/mol. The lowest BCUT2D eigenvalue weighted by atomic mass is 10.0. The van der Waals surface area contributed by atoms with Crippen LogP contribution in [0.15, 0.2) is 22.7 Å². The third-order valence-electron chi connectivity index (χ3n) is 3.82. The summed E-state index contributed by atoms with van der Waals surface area (Å²) in [6.45, 7) is 6.68. The molecule has 2 rings (SSSR count). The number of nitrogens with two attached hydrogens (primary N) is 1. The van der Waals surface area contributed by atoms with Crippen molar-refractivity contribution in [1.29, 1.82) is 0 Å². The molecular weight excluding hydrogens is 288 g/mol. The fourth-order valence-corrected chi connectivity index (χ4v) is 3.41. The third-order valence-corrected chi connectivity index (χ3v) is 4.46. The zero-order chi connectivity index (χ0) is 13.1. The number of halogens is 1. The molecular formula is C15H23BrN2. The Kier molecular flexibility index (Phi) is 4.68. The Labute approximate surface area is 119 Å². The van der Waals surface area contributed by atoms with Gasteiger partial charge in [0.25, 0.3) is 0 Å². The summed E-state index contributed by atoms with van der Waals surface area (Å²) in [6, 6.07) is 6.61. The first-order valence-corrected chi connectivity index (χ1v) is 7.71. The molecule has 2 atom stereocenters. The molecule has 1 aromatic carbocycles. The average molecular weight is 311 g/mol. The molecule has 1 aromatic rings. The molecule has 0 aliphatic carbocycles. The molecule has 2 nitrogen and oxygen atoms in total. The highest BCUT2D eigenvalue weighted by Gasteiger charge is 2.23. The van der Waals surface area contributed by atoms with Crippen molar-refractivity contribution in [3.63, 3.8) is 0 Å². The van der Waals surface area contributed by atoms with E-state index >= 15 is 0 Å². The summed E-state index contributed by atoms with van der Waals surface area (Å²) in [4.78, 5) is 2.50. The van der Waals surface area contributed by atoms with Crippen LogP contribution in [0.4, 0.5) is 5.69 Å². The van der Waals surface area contributed by atoms with Crippen LogP contribution in [-0.4, -0.2) is 13.1 Å². The first kappa shape index (κ1) is 13.9. The third kappa shape index (κ3) is 3.07. The van der Waals surface area contributed by atoms with Gasteiger partial charge in [-0.05, 0) is 59.3 Å². The van der Waals surface area contributed by atoms with Gasteiger partial charge in [-0.25, -0.2) is 0 Å². The fraction of sp³-hybridized carbons (Fsp3) is 0.600. The molecule has 2 N–H and O–H groups in total. The van der Waals surface area contributed by atoms with Crippen molar-refractivity contribution in [2.45, 2.75) is 39.2 Å². The predicted octanol–water partition coefficient (Wildman–Crippen LogP) is 4.10. The Morgan fingerprint density at radius 2 is 2.28 bits per heavy atom. The van der Waals surface area contributed by atoms with Gasteiger partial charge in [-0.1, -0.05) is 19.4 Å². The second-order valence-corrected chi connectivity index (χ2v) is 6.24. The summed E-state index contributed by atoms with van der Waals surface area (Å²) in [5.74, 6) is 0.870. The van der Waals surface area contributed by atoms with Crippen LogP contribution in [0.25, 0.3) is 0 Å². The van der Waals surface area contributed by atoms with Crippen molar-refractivity contribution in [1.82, 2.24) is 0 Å². The molecule has 0 bridgehead atoms. The molecule has 0 radical (unpaired) electrons. The van der Waals surface area contributed by atoms with Crippen molar-refractivity contribution in [3.05, 3.63) is 28.2 Å². The average Bonchev–Trinajstić information content (AvgIpc) is 2.77. The van der Waals surface area contributed by atoms with Gasteiger partial charge in [-0.15, -0.1) is 0 Å². The van der Waals surface area contributed by atoms with E-state index in [4.69, 9.17) is 5.73 Å². The van der Waals surface area contributed by atoms with Gasteiger partial charge < -0.3 is 10.6 Å². The molecule has 1 fully saturated rings. The molecule has 0 spiro atoms. The number of hydrogen-bond acceptors (Lipinski definition) is 2. The van der Waals surface area contributed by atoms with Crippen LogP contribution in [0, 0.1) is 5.92 Å². The predicted molar refractivity (Wildman–Crippen MR) is 82.0 cm³/mol. The maximum atomic E-state index is 5.91. The molecule has 1 aliphatic heterocycles. The van der Waals surface area contributed by atoms with E-state index in [1.807, 2.05) is 6.92 Å². The van der Waals surface area contributed by atoms with Gasteiger partial charge in [0, 0.05) is 23.6 Å². The van der Waals surface area contributed by atoms with E-state index in [1.165, 1.54) is 48.1 Å². The van der Waals surface area contributed by atoms with Gasteiger partial charge in [0.05, 0.1) is 5.69 Å². The number of hydrogen-bond donors (Lipinski definition) is 1. The molecule has 1 aliphatic rings. The quantitative estimate of drug-likeness (QED) is 0.907. The lowest BCUT2D eigenvalue weighted by molar-refractivity contribution is 0.530. The number of rotatable bonds is 4. The fourth-order valence-electron chi connectivity index (χ4n) is 2.76. The van der Waals surface area contributed by atoms with Crippen LogP contribution in [0.1, 0.15) is 44.7 Å². The van der Waals surface area contributed by atoms with Crippen LogP contribution in [0.5, 0.6) is 0 Å². The van der Waals surface area contributed by atoms with Crippen molar-refractivity contribution in [3.8, 4) is 0 Å². The van der Waals surface area contributed by atoms with E-state index in [0.717, 1.165) is 5.92 Å². The minimum absolute atomic E-state index is 0.0989. The smallest absolute Gasteiger partial charge is 0.0510 e. The lowest BCUT2D eigenvalue weighted by Crippen LogP contribution is -2.20. The second-order valence-electron chi connectivity index (χ2n) is 5.39. The first-order chi connectivity index (χ1) is 8.61. The molecule has 1 heterocycles. The SMILES string of the molecule is CCCC1CCN(c2ccc([C@H](C)N)cc2Br)C1. The summed E-state index contributed by atoms with van der Waals surface area (Å²) in [5, 5.41) is 0. The Morgan fingerprint density at radius 3 is 2.89 bits per heavy atom. The van der Waals surface area contributed by atoms with Crippen LogP contribution in [-0.2, 0) is 0 Å². The standard InChI is InChI=1S/C15H23BrN2/c1-3-4-12-7-8-18(10-12)15-6-5-13(11(2)17)9-14(15)16/h5-6,9,11-12H,3-4,7-8,10,17H2,1-2H3/t11-,12?/m0/s1. The number of anilines is 1. The van der Waals surface area contributed by atoms with Crippen molar-refractivity contribution < 1.29 is 0 Å². The van der Waals surface area contributed by atoms with Crippen LogP contribution < -0.4 is 10.6 Å². The van der Waals surface area contributed by atoms with E-state index in [2.05, 4.69) is 46.0 Å². The molecule has 0 aromatic heterocycles. The van der Waals surface area contributed by atoms with Crippen molar-refractivity contribution in [2.24, 2.45) is 11.7 Å². The topological polar surface area (TPSA) is 29.3 Å². The zero-order valence-corrected chi connectivity index (χ0v) is 12.9. The maximum absolute atomic E-state index is 5.91. The summed E-state index contributed by atoms with van der Waals surface area (Å²) < 4.78 is 1.18. The highest BCUT2D eigenvalue weighted by Crippen LogP contribution is 2.33. The van der Waals surface area contributed by atoms with Crippen LogP contribution in [0.2, 0.25) is 0 Å². The van der Waals surface area contributed by atoms with Gasteiger partial charge in [-0.3, -0.25) is 0 Å². The van der Waals surface area contributed by atoms with Crippen molar-refractivity contribution >= 4 is 21.6 Å². The van der Waals surface area contributed by atoms with E-state index in [0.29, 0.717) is 0 Å². The van der Waals surface area contributed by atoms with Gasteiger partial charge in [-0.2, -0.15) is 0 Å². The van der Waals surface area contributed by atoms with E-state index in [9.17, 15) is 0 Å². The molecule has 1 saturated heterocycles. The Morgan fingerprint density at radius 1 is 1.50 bits per heavy atom. The summed E-state index contributed by atoms with van der Waals surface area (Å²) in [7, 11) is 0. The molecule has 1 unspecified atom stereocenters. The Hall–Kier alpha value is -0.540. The minimum atomic E-state index is 0.0989. The minimum Gasteiger partial charge on any atom is -0.370 e. The van der Waals surface area contributed by atoms with Crippen LogP contribution >= 0.6 is 15.9 Å². The van der Waals surface area contributed by atoms with E-state index in [-0.39, 0.29) is 6.04 Å². The molecule has 100 valence electrons. The van der Waals surface area contributed by atoms with E-state index in [1.54, 1.807) is 0 Å². The summed E-state index contributed by atoms with van der Waals surface area (Å²) in [5.41, 5.74) is 8.42. The highest BCUT2D eigenvalue weighted by molar-refractivity contribution is 9.10. The first-order valence-electron chi connectivity index (χ1n) is 6.91. The maximum Gasteiger partial charge on any atom is 0.0510 e. The van der Waals surface area contributed by atoms with Crippen molar-refractivity contribution in [2.75, 3.05) is 18.0 Å². The van der Waals surface area contributed by atoms with E-state index < -0.39 is 0 Å². The second kappa shape index (κ2) is 6.07.